The van der Waals surface area contributed by atoms with E-state index in [0.717, 1.165) is 16.9 Å². The van der Waals surface area contributed by atoms with E-state index in [4.69, 9.17) is 9.15 Å². The maximum absolute atomic E-state index is 12.2. The summed E-state index contributed by atoms with van der Waals surface area (Å²) in [5.74, 6) is 0.999. The first kappa shape index (κ1) is 17.5. The van der Waals surface area contributed by atoms with Crippen LogP contribution in [0.5, 0.6) is 5.75 Å². The Morgan fingerprint density at radius 1 is 1.11 bits per heavy atom. The van der Waals surface area contributed by atoms with Crippen LogP contribution in [0.1, 0.15) is 5.56 Å². The van der Waals surface area contributed by atoms with Crippen molar-refractivity contribution in [3.05, 3.63) is 78.5 Å². The van der Waals surface area contributed by atoms with Crippen LogP contribution in [0.4, 0.5) is 5.69 Å². The third kappa shape index (κ3) is 3.91. The van der Waals surface area contributed by atoms with Crippen LogP contribution < -0.4 is 10.1 Å². The van der Waals surface area contributed by atoms with Gasteiger partial charge in [-0.1, -0.05) is 18.2 Å². The van der Waals surface area contributed by atoms with Gasteiger partial charge in [0.1, 0.15) is 5.75 Å². The second-order valence-corrected chi connectivity index (χ2v) is 6.02. The molecule has 0 radical (unpaired) electrons. The molecule has 2 heterocycles. The van der Waals surface area contributed by atoms with Crippen molar-refractivity contribution < 1.29 is 13.9 Å². The summed E-state index contributed by atoms with van der Waals surface area (Å²) in [6.07, 6.45) is 4.89. The van der Waals surface area contributed by atoms with Crippen LogP contribution in [0.15, 0.2) is 77.4 Å². The number of carbonyl (C=O) groups is 1. The Morgan fingerprint density at radius 3 is 2.75 bits per heavy atom. The van der Waals surface area contributed by atoms with Crippen molar-refractivity contribution in [1.82, 2.24) is 9.97 Å². The molecule has 4 aromatic rings. The number of pyridine rings is 1. The van der Waals surface area contributed by atoms with Crippen LogP contribution in [-0.4, -0.2) is 23.0 Å². The Kier molecular flexibility index (Phi) is 4.84. The minimum absolute atomic E-state index is 0.229. The normalized spacial score (nSPS) is 11.0. The molecule has 0 aliphatic carbocycles. The lowest BCUT2D eigenvalue weighted by Crippen LogP contribution is -2.07. The molecule has 1 amide bonds. The van der Waals surface area contributed by atoms with E-state index in [1.54, 1.807) is 25.4 Å². The first-order chi connectivity index (χ1) is 13.7. The van der Waals surface area contributed by atoms with Gasteiger partial charge in [0, 0.05) is 23.5 Å². The molecule has 0 fully saturated rings. The number of anilines is 1. The van der Waals surface area contributed by atoms with Gasteiger partial charge in [0.25, 0.3) is 0 Å². The molecule has 4 rings (SSSR count). The molecule has 6 heteroatoms. The molecule has 138 valence electrons. The Balaban J connectivity index is 1.48. The van der Waals surface area contributed by atoms with Gasteiger partial charge in [0.15, 0.2) is 11.2 Å². The van der Waals surface area contributed by atoms with Gasteiger partial charge >= 0.3 is 0 Å². The number of aromatic nitrogens is 2. The molecule has 6 nitrogen and oxygen atoms in total. The van der Waals surface area contributed by atoms with Crippen LogP contribution >= 0.6 is 0 Å². The lowest BCUT2D eigenvalue weighted by Gasteiger charge is -2.04. The highest BCUT2D eigenvalue weighted by Crippen LogP contribution is 2.25. The summed E-state index contributed by atoms with van der Waals surface area (Å²) in [5, 5.41) is 2.84. The zero-order valence-electron chi connectivity index (χ0n) is 15.1. The number of rotatable bonds is 5. The molecular weight excluding hydrogens is 354 g/mol. The molecule has 0 atom stereocenters. The molecule has 0 saturated carbocycles. The largest absolute Gasteiger partial charge is 0.497 e. The first-order valence-electron chi connectivity index (χ1n) is 8.66. The maximum atomic E-state index is 12.2. The van der Waals surface area contributed by atoms with Gasteiger partial charge in [-0.05, 0) is 54.1 Å². The lowest BCUT2D eigenvalue weighted by molar-refractivity contribution is -0.111. The summed E-state index contributed by atoms with van der Waals surface area (Å²) in [4.78, 5) is 20.8. The van der Waals surface area contributed by atoms with Gasteiger partial charge in [-0.15, -0.1) is 0 Å². The molecule has 0 aliphatic rings. The molecule has 0 unspecified atom stereocenters. The summed E-state index contributed by atoms with van der Waals surface area (Å²) in [6.45, 7) is 0. The standard InChI is InChI=1S/C22H17N3O3/c1-27-18-10-7-15(8-11-18)9-12-20(26)24-17-5-2-4-16(14-17)22-25-21-19(28-22)6-3-13-23-21/h2-14H,1H3,(H,24,26)/b12-9+. The zero-order valence-corrected chi connectivity index (χ0v) is 15.1. The van der Waals surface area contributed by atoms with Crippen LogP contribution in [0, 0.1) is 0 Å². The third-order valence-corrected chi connectivity index (χ3v) is 4.08. The van der Waals surface area contributed by atoms with Crippen molar-refractivity contribution in [3.8, 4) is 17.2 Å². The molecule has 0 aliphatic heterocycles. The SMILES string of the molecule is COc1ccc(/C=C/C(=O)Nc2cccc(-c3nc4ncccc4o3)c2)cc1. The fourth-order valence-corrected chi connectivity index (χ4v) is 2.69. The van der Waals surface area contributed by atoms with E-state index in [9.17, 15) is 4.79 Å². The number of hydrogen-bond donors (Lipinski definition) is 1. The highest BCUT2D eigenvalue weighted by atomic mass is 16.5. The lowest BCUT2D eigenvalue weighted by atomic mass is 10.2. The van der Waals surface area contributed by atoms with Crippen molar-refractivity contribution >= 4 is 28.9 Å². The highest BCUT2D eigenvalue weighted by molar-refractivity contribution is 6.02. The van der Waals surface area contributed by atoms with E-state index in [2.05, 4.69) is 15.3 Å². The molecule has 0 spiro atoms. The molecule has 1 N–H and O–H groups in total. The van der Waals surface area contributed by atoms with Gasteiger partial charge in [-0.3, -0.25) is 4.79 Å². The number of hydrogen-bond acceptors (Lipinski definition) is 5. The Morgan fingerprint density at radius 2 is 1.96 bits per heavy atom. The number of fused-ring (bicyclic) bond motifs is 1. The topological polar surface area (TPSA) is 77.2 Å². The van der Waals surface area contributed by atoms with E-state index in [0.29, 0.717) is 22.8 Å². The van der Waals surface area contributed by atoms with Crippen LogP contribution in [0.2, 0.25) is 0 Å². The second-order valence-electron chi connectivity index (χ2n) is 6.02. The van der Waals surface area contributed by atoms with E-state index in [1.165, 1.54) is 6.08 Å². The molecule has 2 aromatic carbocycles. The average molecular weight is 371 g/mol. The number of nitrogens with zero attached hydrogens (tertiary/aromatic N) is 2. The number of oxazole rings is 1. The second kappa shape index (κ2) is 7.75. The summed E-state index contributed by atoms with van der Waals surface area (Å²) in [6, 6.07) is 18.4. The number of methoxy groups -OCH3 is 1. The fourth-order valence-electron chi connectivity index (χ4n) is 2.69. The van der Waals surface area contributed by atoms with E-state index in [-0.39, 0.29) is 5.91 Å². The minimum atomic E-state index is -0.229. The molecule has 28 heavy (non-hydrogen) atoms. The van der Waals surface area contributed by atoms with Crippen molar-refractivity contribution in [2.45, 2.75) is 0 Å². The van der Waals surface area contributed by atoms with E-state index >= 15 is 0 Å². The zero-order chi connectivity index (χ0) is 19.3. The molecule has 0 bridgehead atoms. The number of carbonyl (C=O) groups excluding carboxylic acids is 1. The minimum Gasteiger partial charge on any atom is -0.497 e. The number of nitrogens with one attached hydrogen (secondary N) is 1. The van der Waals surface area contributed by atoms with E-state index in [1.807, 2.05) is 54.6 Å². The number of amides is 1. The summed E-state index contributed by atoms with van der Waals surface area (Å²) < 4.78 is 10.8. The molecule has 0 saturated heterocycles. The predicted molar refractivity (Wildman–Crippen MR) is 108 cm³/mol. The van der Waals surface area contributed by atoms with Crippen molar-refractivity contribution in [1.29, 1.82) is 0 Å². The summed E-state index contributed by atoms with van der Waals surface area (Å²) in [7, 11) is 1.61. The monoisotopic (exact) mass is 371 g/mol. The van der Waals surface area contributed by atoms with E-state index < -0.39 is 0 Å². The smallest absolute Gasteiger partial charge is 0.248 e. The van der Waals surface area contributed by atoms with Gasteiger partial charge in [-0.25, -0.2) is 4.98 Å². The fraction of sp³-hybridized carbons (Fsp3) is 0.0455. The quantitative estimate of drug-likeness (QED) is 0.521. The number of ether oxygens (including phenoxy) is 1. The van der Waals surface area contributed by atoms with Crippen molar-refractivity contribution in [2.24, 2.45) is 0 Å². The summed E-state index contributed by atoms with van der Waals surface area (Å²) >= 11 is 0. The summed E-state index contributed by atoms with van der Waals surface area (Å²) in [5.41, 5.74) is 3.49. The predicted octanol–water partition coefficient (Wildman–Crippen LogP) is 4.55. The maximum Gasteiger partial charge on any atom is 0.248 e. The Bertz CT molecular complexity index is 1110. The molecular formula is C22H17N3O3. The van der Waals surface area contributed by atoms with Crippen molar-refractivity contribution in [2.75, 3.05) is 12.4 Å². The van der Waals surface area contributed by atoms with Crippen LogP contribution in [-0.2, 0) is 4.79 Å². The van der Waals surface area contributed by atoms with Crippen LogP contribution in [0.3, 0.4) is 0 Å². The third-order valence-electron chi connectivity index (χ3n) is 4.08. The van der Waals surface area contributed by atoms with Gasteiger partial charge in [0.2, 0.25) is 11.8 Å². The Hall–Kier alpha value is -3.93. The van der Waals surface area contributed by atoms with Gasteiger partial charge in [-0.2, -0.15) is 4.98 Å². The molecule has 2 aromatic heterocycles. The Labute approximate surface area is 161 Å². The first-order valence-corrected chi connectivity index (χ1v) is 8.66. The van der Waals surface area contributed by atoms with Gasteiger partial charge < -0.3 is 14.5 Å². The average Bonchev–Trinajstić information content (AvgIpc) is 3.17. The highest BCUT2D eigenvalue weighted by Gasteiger charge is 2.09. The number of benzene rings is 2. The van der Waals surface area contributed by atoms with Crippen LogP contribution in [0.25, 0.3) is 28.8 Å². The van der Waals surface area contributed by atoms with Gasteiger partial charge in [0.05, 0.1) is 7.11 Å². The van der Waals surface area contributed by atoms with Crippen molar-refractivity contribution in [3.63, 3.8) is 0 Å².